The average Bonchev–Trinajstić information content (AvgIpc) is 2.54. The lowest BCUT2D eigenvalue weighted by Gasteiger charge is -2.09. The summed E-state index contributed by atoms with van der Waals surface area (Å²) in [5, 5.41) is 2.71. The van der Waals surface area contributed by atoms with Crippen LogP contribution in [-0.2, 0) is 22.0 Å². The van der Waals surface area contributed by atoms with Crippen molar-refractivity contribution < 1.29 is 9.00 Å². The molecule has 5 heteroatoms. The number of hydrogen-bond donors (Lipinski definition) is 2. The summed E-state index contributed by atoms with van der Waals surface area (Å²) in [6.07, 6.45) is 0.950. The van der Waals surface area contributed by atoms with E-state index in [1.807, 2.05) is 24.3 Å². The highest BCUT2D eigenvalue weighted by atomic mass is 32.2. The first-order valence-corrected chi connectivity index (χ1v) is 8.33. The minimum absolute atomic E-state index is 0.268. The van der Waals surface area contributed by atoms with Gasteiger partial charge in [-0.25, -0.2) is 4.21 Å². The van der Waals surface area contributed by atoms with E-state index in [0.29, 0.717) is 10.6 Å². The van der Waals surface area contributed by atoms with Crippen LogP contribution in [0.3, 0.4) is 0 Å². The minimum atomic E-state index is -1.28. The number of benzene rings is 2. The Bertz CT molecular complexity index is 681. The average molecular weight is 316 g/mol. The molecule has 0 aromatic heterocycles. The van der Waals surface area contributed by atoms with Crippen molar-refractivity contribution in [1.82, 2.24) is 0 Å². The molecule has 2 rings (SSSR count). The van der Waals surface area contributed by atoms with E-state index in [9.17, 15) is 9.00 Å². The quantitative estimate of drug-likeness (QED) is 0.891. The topological polar surface area (TPSA) is 72.2 Å². The fraction of sp³-hybridized carbons (Fsp3) is 0.235. The van der Waals surface area contributed by atoms with Gasteiger partial charge in [0.2, 0.25) is 5.91 Å². The van der Waals surface area contributed by atoms with Crippen LogP contribution in [0, 0.1) is 0 Å². The van der Waals surface area contributed by atoms with E-state index in [1.54, 1.807) is 31.2 Å². The number of nitrogens with one attached hydrogen (secondary N) is 1. The van der Waals surface area contributed by atoms with Crippen molar-refractivity contribution >= 4 is 22.4 Å². The third-order valence-corrected chi connectivity index (χ3v) is 4.66. The number of aryl methyl sites for hydroxylation is 1. The Hall–Kier alpha value is -1.98. The van der Waals surface area contributed by atoms with Gasteiger partial charge in [-0.3, -0.25) is 4.79 Å². The molecule has 0 aliphatic rings. The molecule has 2 aromatic carbocycles. The van der Waals surface area contributed by atoms with Crippen LogP contribution in [0.15, 0.2) is 58.3 Å². The molecular weight excluding hydrogens is 296 g/mol. The summed E-state index contributed by atoms with van der Waals surface area (Å²) in [7, 11) is -1.28. The first-order valence-electron chi connectivity index (χ1n) is 7.18. The SMILES string of the molecule is CCc1ccc(S(=O)c2cccc(NC(=O)C(C)N)c2)cc1. The molecule has 0 fully saturated rings. The summed E-state index contributed by atoms with van der Waals surface area (Å²) in [5.74, 6) is -0.268. The van der Waals surface area contributed by atoms with Crippen LogP contribution in [0.2, 0.25) is 0 Å². The van der Waals surface area contributed by atoms with E-state index in [0.717, 1.165) is 11.3 Å². The van der Waals surface area contributed by atoms with Gasteiger partial charge in [-0.1, -0.05) is 25.1 Å². The van der Waals surface area contributed by atoms with Crippen molar-refractivity contribution in [3.63, 3.8) is 0 Å². The van der Waals surface area contributed by atoms with Gasteiger partial charge in [0.15, 0.2) is 0 Å². The van der Waals surface area contributed by atoms with E-state index < -0.39 is 16.8 Å². The second-order valence-electron chi connectivity index (χ2n) is 5.07. The van der Waals surface area contributed by atoms with Gasteiger partial charge in [0, 0.05) is 15.5 Å². The van der Waals surface area contributed by atoms with Crippen LogP contribution in [0.5, 0.6) is 0 Å². The number of rotatable bonds is 5. The first kappa shape index (κ1) is 16.4. The summed E-state index contributed by atoms with van der Waals surface area (Å²) in [6.45, 7) is 3.70. The normalized spacial score (nSPS) is 13.4. The maximum atomic E-state index is 12.6. The number of nitrogens with two attached hydrogens (primary N) is 1. The molecule has 0 aliphatic carbocycles. The zero-order chi connectivity index (χ0) is 16.1. The van der Waals surface area contributed by atoms with E-state index >= 15 is 0 Å². The molecule has 1 amide bonds. The van der Waals surface area contributed by atoms with Crippen molar-refractivity contribution in [3.8, 4) is 0 Å². The highest BCUT2D eigenvalue weighted by Gasteiger charge is 2.11. The summed E-state index contributed by atoms with van der Waals surface area (Å²) < 4.78 is 12.6. The van der Waals surface area contributed by atoms with Gasteiger partial charge in [-0.2, -0.15) is 0 Å². The smallest absolute Gasteiger partial charge is 0.240 e. The highest BCUT2D eigenvalue weighted by Crippen LogP contribution is 2.20. The molecule has 3 N–H and O–H groups in total. The zero-order valence-electron chi connectivity index (χ0n) is 12.7. The number of hydrogen-bond acceptors (Lipinski definition) is 3. The number of amides is 1. The predicted molar refractivity (Wildman–Crippen MR) is 89.2 cm³/mol. The monoisotopic (exact) mass is 316 g/mol. The third-order valence-electron chi connectivity index (χ3n) is 3.27. The Balaban J connectivity index is 2.20. The number of carbonyl (C=O) groups is 1. The Morgan fingerprint density at radius 3 is 2.45 bits per heavy atom. The second-order valence-corrected chi connectivity index (χ2v) is 6.55. The lowest BCUT2D eigenvalue weighted by molar-refractivity contribution is -0.117. The van der Waals surface area contributed by atoms with Gasteiger partial charge in [0.05, 0.1) is 16.8 Å². The molecule has 0 heterocycles. The van der Waals surface area contributed by atoms with Crippen LogP contribution in [0.1, 0.15) is 19.4 Å². The Kier molecular flexibility index (Phi) is 5.46. The molecule has 0 radical (unpaired) electrons. The van der Waals surface area contributed by atoms with Gasteiger partial charge < -0.3 is 11.1 Å². The van der Waals surface area contributed by atoms with E-state index in [-0.39, 0.29) is 5.91 Å². The fourth-order valence-corrected chi connectivity index (χ4v) is 3.02. The van der Waals surface area contributed by atoms with Crippen molar-refractivity contribution in [2.24, 2.45) is 5.73 Å². The van der Waals surface area contributed by atoms with Gasteiger partial charge in [0.25, 0.3) is 0 Å². The summed E-state index contributed by atoms with van der Waals surface area (Å²) in [5.41, 5.74) is 7.33. The Labute approximate surface area is 133 Å². The van der Waals surface area contributed by atoms with E-state index in [1.165, 1.54) is 5.56 Å². The standard InChI is InChI=1S/C17H20N2O2S/c1-3-13-7-9-15(10-8-13)22(21)16-6-4-5-14(11-16)19-17(20)12(2)18/h4-12H,3,18H2,1-2H3,(H,19,20). The molecule has 0 saturated heterocycles. The second kappa shape index (κ2) is 7.33. The largest absolute Gasteiger partial charge is 0.325 e. The zero-order valence-corrected chi connectivity index (χ0v) is 13.5. The predicted octanol–water partition coefficient (Wildman–Crippen LogP) is 2.70. The first-order chi connectivity index (χ1) is 10.5. The Morgan fingerprint density at radius 1 is 1.18 bits per heavy atom. The van der Waals surface area contributed by atoms with Crippen LogP contribution in [0.4, 0.5) is 5.69 Å². The lowest BCUT2D eigenvalue weighted by atomic mass is 10.2. The molecule has 22 heavy (non-hydrogen) atoms. The van der Waals surface area contributed by atoms with Crippen LogP contribution < -0.4 is 11.1 Å². The van der Waals surface area contributed by atoms with Crippen molar-refractivity contribution in [2.45, 2.75) is 36.1 Å². The molecule has 4 nitrogen and oxygen atoms in total. The highest BCUT2D eigenvalue weighted by molar-refractivity contribution is 7.85. The molecule has 2 aromatic rings. The summed E-state index contributed by atoms with van der Waals surface area (Å²) in [4.78, 5) is 13.0. The van der Waals surface area contributed by atoms with Crippen LogP contribution in [0.25, 0.3) is 0 Å². The van der Waals surface area contributed by atoms with Crippen molar-refractivity contribution in [2.75, 3.05) is 5.32 Å². The molecule has 0 spiro atoms. The molecule has 0 bridgehead atoms. The molecule has 2 atom stereocenters. The van der Waals surface area contributed by atoms with Crippen LogP contribution in [-0.4, -0.2) is 16.2 Å². The molecule has 2 unspecified atom stereocenters. The van der Waals surface area contributed by atoms with Gasteiger partial charge in [-0.05, 0) is 49.2 Å². The number of anilines is 1. The molecule has 0 saturated carbocycles. The molecular formula is C17H20N2O2S. The maximum Gasteiger partial charge on any atom is 0.240 e. The Morgan fingerprint density at radius 2 is 1.86 bits per heavy atom. The van der Waals surface area contributed by atoms with Gasteiger partial charge in [-0.15, -0.1) is 0 Å². The lowest BCUT2D eigenvalue weighted by Crippen LogP contribution is -2.32. The number of carbonyl (C=O) groups excluding carboxylic acids is 1. The fourth-order valence-electron chi connectivity index (χ4n) is 1.93. The van der Waals surface area contributed by atoms with Crippen LogP contribution >= 0.6 is 0 Å². The van der Waals surface area contributed by atoms with Crippen molar-refractivity contribution in [1.29, 1.82) is 0 Å². The third kappa shape index (κ3) is 4.02. The molecule has 116 valence electrons. The van der Waals surface area contributed by atoms with Crippen molar-refractivity contribution in [3.05, 3.63) is 54.1 Å². The van der Waals surface area contributed by atoms with E-state index in [2.05, 4.69) is 12.2 Å². The maximum absolute atomic E-state index is 12.6. The molecule has 0 aliphatic heterocycles. The van der Waals surface area contributed by atoms with Gasteiger partial charge >= 0.3 is 0 Å². The van der Waals surface area contributed by atoms with Gasteiger partial charge in [0.1, 0.15) is 0 Å². The summed E-state index contributed by atoms with van der Waals surface area (Å²) in [6, 6.07) is 14.1. The van der Waals surface area contributed by atoms with E-state index in [4.69, 9.17) is 5.73 Å². The summed E-state index contributed by atoms with van der Waals surface area (Å²) >= 11 is 0. The minimum Gasteiger partial charge on any atom is -0.325 e.